The minimum absolute atomic E-state index is 0.0339. The van der Waals surface area contributed by atoms with Gasteiger partial charge in [0.1, 0.15) is 5.56 Å². The molecule has 212 valence electrons. The van der Waals surface area contributed by atoms with E-state index >= 15 is 0 Å². The lowest BCUT2D eigenvalue weighted by Crippen LogP contribution is -2.34. The van der Waals surface area contributed by atoms with E-state index in [4.69, 9.17) is 5.11 Å². The fraction of sp³-hybridized carbons (Fsp3) is 0.321. The average Bonchev–Trinajstić information content (AvgIpc) is 3.75. The molecule has 1 saturated carbocycles. The molecule has 0 atom stereocenters. The van der Waals surface area contributed by atoms with Crippen LogP contribution in [0, 0.1) is 6.92 Å². The van der Waals surface area contributed by atoms with Crippen molar-refractivity contribution in [2.24, 2.45) is 0 Å². The molecule has 0 unspecified atom stereocenters. The maximum atomic E-state index is 13.4. The van der Waals surface area contributed by atoms with E-state index in [2.05, 4.69) is 5.32 Å². The summed E-state index contributed by atoms with van der Waals surface area (Å²) in [7, 11) is -3.37. The molecule has 4 rings (SSSR count). The number of carbonyl (C=O) groups excluding carboxylic acids is 1. The molecule has 1 amide bonds. The van der Waals surface area contributed by atoms with Crippen LogP contribution in [-0.4, -0.2) is 35.2 Å². The van der Waals surface area contributed by atoms with E-state index in [9.17, 15) is 36.0 Å². The lowest BCUT2D eigenvalue weighted by atomic mass is 10.0. The molecule has 0 aliphatic heterocycles. The van der Waals surface area contributed by atoms with Crippen LogP contribution in [-0.2, 0) is 33.8 Å². The Bertz CT molecular complexity index is 1610. The van der Waals surface area contributed by atoms with Gasteiger partial charge in [0.05, 0.1) is 15.7 Å². The van der Waals surface area contributed by atoms with E-state index in [-0.39, 0.29) is 47.2 Å². The molecule has 0 saturated heterocycles. The molecular weight excluding hydrogens is 549 g/mol. The van der Waals surface area contributed by atoms with Gasteiger partial charge in [-0.1, -0.05) is 18.2 Å². The predicted molar refractivity (Wildman–Crippen MR) is 140 cm³/mol. The van der Waals surface area contributed by atoms with E-state index < -0.39 is 39.0 Å². The van der Waals surface area contributed by atoms with E-state index in [0.29, 0.717) is 29.7 Å². The third-order valence-corrected chi connectivity index (χ3v) is 9.01. The third-order valence-electron chi connectivity index (χ3n) is 6.73. The van der Waals surface area contributed by atoms with Crippen LogP contribution in [0.2, 0.25) is 0 Å². The zero-order chi connectivity index (χ0) is 29.2. The molecule has 1 aromatic heterocycles. The highest BCUT2D eigenvalue weighted by Crippen LogP contribution is 2.33. The number of aromatic nitrogens is 1. The molecule has 0 bridgehead atoms. The van der Waals surface area contributed by atoms with Crippen LogP contribution in [0.4, 0.5) is 13.2 Å². The Morgan fingerprint density at radius 2 is 1.75 bits per heavy atom. The maximum Gasteiger partial charge on any atom is 0.416 e. The second-order valence-electron chi connectivity index (χ2n) is 9.68. The van der Waals surface area contributed by atoms with Crippen LogP contribution >= 0.6 is 0 Å². The fourth-order valence-electron chi connectivity index (χ4n) is 4.38. The number of nitrogens with zero attached hydrogens (tertiary/aromatic N) is 1. The number of aryl methyl sites for hydroxylation is 1. The second-order valence-corrected chi connectivity index (χ2v) is 11.9. The second kappa shape index (κ2) is 11.3. The largest absolute Gasteiger partial charge is 0.481 e. The standard InChI is InChI=1S/C28H27F3N2O6S/c1-17-19(4-2-7-25(34)35)14-24(27(37)33(17)21-6-3-5-20(15-21)28(29,30)31)26(36)32-16-18-8-10-22(11-9-18)40(38,39)23-12-13-23/h3,5-6,8-11,14-15,23H,2,4,7,12-13,16H2,1H3,(H,32,36)(H,34,35). The number of carboxylic acids is 1. The number of nitrogens with one attached hydrogen (secondary N) is 1. The molecule has 40 heavy (non-hydrogen) atoms. The van der Waals surface area contributed by atoms with Crippen molar-refractivity contribution in [3.63, 3.8) is 0 Å². The maximum absolute atomic E-state index is 13.4. The highest BCUT2D eigenvalue weighted by atomic mass is 32.2. The molecule has 1 aliphatic carbocycles. The monoisotopic (exact) mass is 576 g/mol. The molecule has 0 spiro atoms. The minimum Gasteiger partial charge on any atom is -0.481 e. The van der Waals surface area contributed by atoms with Gasteiger partial charge in [-0.15, -0.1) is 0 Å². The normalized spacial score (nSPS) is 13.7. The van der Waals surface area contributed by atoms with Crippen molar-refractivity contribution < 1.29 is 36.3 Å². The van der Waals surface area contributed by atoms with E-state index in [0.717, 1.165) is 22.8 Å². The van der Waals surface area contributed by atoms with Gasteiger partial charge in [-0.25, -0.2) is 8.42 Å². The summed E-state index contributed by atoms with van der Waals surface area (Å²) in [6.45, 7) is 1.49. The number of benzene rings is 2. The lowest BCUT2D eigenvalue weighted by molar-refractivity contribution is -0.138. The van der Waals surface area contributed by atoms with Gasteiger partial charge in [0.2, 0.25) is 0 Å². The van der Waals surface area contributed by atoms with Gasteiger partial charge in [-0.05, 0) is 80.1 Å². The van der Waals surface area contributed by atoms with Crippen LogP contribution < -0.4 is 10.9 Å². The summed E-state index contributed by atoms with van der Waals surface area (Å²) >= 11 is 0. The summed E-state index contributed by atoms with van der Waals surface area (Å²) in [6, 6.07) is 11.5. The number of rotatable bonds is 10. The number of halogens is 3. The number of aliphatic carboxylic acids is 1. The van der Waals surface area contributed by atoms with Crippen molar-refractivity contribution in [1.82, 2.24) is 9.88 Å². The molecule has 12 heteroatoms. The number of pyridine rings is 1. The van der Waals surface area contributed by atoms with Crippen molar-refractivity contribution in [1.29, 1.82) is 0 Å². The summed E-state index contributed by atoms with van der Waals surface area (Å²) in [5.41, 5.74) is -0.889. The van der Waals surface area contributed by atoms with Gasteiger partial charge in [-0.2, -0.15) is 13.2 Å². The Labute approximate surface area is 228 Å². The molecule has 3 aromatic rings. The number of hydrogen-bond donors (Lipinski definition) is 2. The summed E-state index contributed by atoms with van der Waals surface area (Å²) in [5.74, 6) is -1.81. The van der Waals surface area contributed by atoms with Gasteiger partial charge < -0.3 is 10.4 Å². The van der Waals surface area contributed by atoms with Crippen molar-refractivity contribution >= 4 is 21.7 Å². The number of carbonyl (C=O) groups is 2. The first kappa shape index (κ1) is 29.1. The van der Waals surface area contributed by atoms with Crippen molar-refractivity contribution in [3.05, 3.63) is 92.9 Å². The highest BCUT2D eigenvalue weighted by molar-refractivity contribution is 7.92. The molecule has 1 aliphatic rings. The summed E-state index contributed by atoms with van der Waals surface area (Å²) in [4.78, 5) is 37.7. The molecular formula is C28H27F3N2O6S. The number of alkyl halides is 3. The Balaban J connectivity index is 1.64. The van der Waals surface area contributed by atoms with Crippen LogP contribution in [0.25, 0.3) is 5.69 Å². The molecule has 8 nitrogen and oxygen atoms in total. The van der Waals surface area contributed by atoms with Crippen LogP contribution in [0.1, 0.15) is 58.4 Å². The Morgan fingerprint density at radius 3 is 2.35 bits per heavy atom. The van der Waals surface area contributed by atoms with Crippen LogP contribution in [0.3, 0.4) is 0 Å². The molecule has 2 aromatic carbocycles. The number of amides is 1. The van der Waals surface area contributed by atoms with Gasteiger partial charge in [-0.3, -0.25) is 19.0 Å². The fourth-order valence-corrected chi connectivity index (χ4v) is 6.04. The Hall–Kier alpha value is -3.93. The first-order valence-corrected chi connectivity index (χ1v) is 14.1. The molecule has 1 heterocycles. The van der Waals surface area contributed by atoms with Crippen molar-refractivity contribution in [3.8, 4) is 5.69 Å². The third kappa shape index (κ3) is 6.44. The number of hydrogen-bond acceptors (Lipinski definition) is 5. The molecule has 1 fully saturated rings. The predicted octanol–water partition coefficient (Wildman–Crippen LogP) is 4.44. The van der Waals surface area contributed by atoms with Crippen molar-refractivity contribution in [2.45, 2.75) is 61.9 Å². The number of carboxylic acid groups (broad SMARTS) is 1. The number of sulfone groups is 1. The highest BCUT2D eigenvalue weighted by Gasteiger charge is 2.36. The smallest absolute Gasteiger partial charge is 0.416 e. The van der Waals surface area contributed by atoms with Crippen LogP contribution in [0.5, 0.6) is 0 Å². The first-order chi connectivity index (χ1) is 18.8. The van der Waals surface area contributed by atoms with Gasteiger partial charge in [0.15, 0.2) is 9.84 Å². The van der Waals surface area contributed by atoms with Gasteiger partial charge >= 0.3 is 12.1 Å². The summed E-state index contributed by atoms with van der Waals surface area (Å²) in [5, 5.41) is 11.2. The van der Waals surface area contributed by atoms with E-state index in [1.165, 1.54) is 31.2 Å². The topological polar surface area (TPSA) is 123 Å². The first-order valence-electron chi connectivity index (χ1n) is 12.5. The Morgan fingerprint density at radius 1 is 1.07 bits per heavy atom. The van der Waals surface area contributed by atoms with Gasteiger partial charge in [0.25, 0.3) is 11.5 Å². The summed E-state index contributed by atoms with van der Waals surface area (Å²) in [6.07, 6.45) is -3.20. The Kier molecular flexibility index (Phi) is 8.20. The zero-order valence-electron chi connectivity index (χ0n) is 21.5. The van der Waals surface area contributed by atoms with Crippen LogP contribution in [0.15, 0.2) is 64.3 Å². The molecule has 0 radical (unpaired) electrons. The minimum atomic E-state index is -4.65. The molecule has 2 N–H and O–H groups in total. The van der Waals surface area contributed by atoms with Gasteiger partial charge in [0, 0.05) is 24.3 Å². The van der Waals surface area contributed by atoms with E-state index in [1.807, 2.05) is 0 Å². The average molecular weight is 577 g/mol. The summed E-state index contributed by atoms with van der Waals surface area (Å²) < 4.78 is 65.9. The zero-order valence-corrected chi connectivity index (χ0v) is 22.3. The quantitative estimate of drug-likeness (QED) is 0.368. The lowest BCUT2D eigenvalue weighted by Gasteiger charge is -2.18. The SMILES string of the molecule is Cc1c(CCCC(=O)O)cc(C(=O)NCc2ccc(S(=O)(=O)C3CC3)cc2)c(=O)n1-c1cccc(C(F)(F)F)c1. The van der Waals surface area contributed by atoms with Crippen molar-refractivity contribution in [2.75, 3.05) is 0 Å². The van der Waals surface area contributed by atoms with E-state index in [1.54, 1.807) is 12.1 Å².